The van der Waals surface area contributed by atoms with Crippen molar-refractivity contribution >= 4 is 12.1 Å². The number of nitrogens with one attached hydrogen (secondary N) is 1. The zero-order valence-electron chi connectivity index (χ0n) is 16.3. The van der Waals surface area contributed by atoms with Crippen molar-refractivity contribution in [2.75, 3.05) is 26.2 Å². The highest BCUT2D eigenvalue weighted by molar-refractivity contribution is 5.79. The van der Waals surface area contributed by atoms with Crippen LogP contribution in [0.2, 0.25) is 0 Å². The maximum atomic E-state index is 12.2. The molecule has 0 spiro atoms. The van der Waals surface area contributed by atoms with E-state index in [0.29, 0.717) is 19.5 Å². The van der Waals surface area contributed by atoms with Crippen molar-refractivity contribution in [1.82, 2.24) is 10.2 Å². The van der Waals surface area contributed by atoms with E-state index < -0.39 is 18.1 Å². The number of hydrogen-bond acceptors (Lipinski definition) is 4. The van der Waals surface area contributed by atoms with Gasteiger partial charge in [-0.3, -0.25) is 9.69 Å². The van der Waals surface area contributed by atoms with E-state index in [1.807, 2.05) is 29.2 Å². The third-order valence-corrected chi connectivity index (χ3v) is 5.91. The van der Waals surface area contributed by atoms with E-state index in [0.717, 1.165) is 19.4 Å². The average molecular weight is 394 g/mol. The van der Waals surface area contributed by atoms with Gasteiger partial charge in [-0.25, -0.2) is 4.79 Å². The number of carboxylic acids is 1. The lowest BCUT2D eigenvalue weighted by Crippen LogP contribution is -2.47. The van der Waals surface area contributed by atoms with Gasteiger partial charge in [-0.2, -0.15) is 0 Å². The van der Waals surface area contributed by atoms with Crippen molar-refractivity contribution in [3.8, 4) is 11.1 Å². The Kier molecular flexibility index (Phi) is 5.81. The molecule has 0 bridgehead atoms. The topological polar surface area (TPSA) is 78.9 Å². The number of piperidine rings is 1. The number of carboxylic acid groups (broad SMARTS) is 1. The third kappa shape index (κ3) is 4.12. The molecule has 4 rings (SSSR count). The van der Waals surface area contributed by atoms with Gasteiger partial charge in [-0.1, -0.05) is 55.0 Å². The van der Waals surface area contributed by atoms with Gasteiger partial charge in [0.05, 0.1) is 0 Å². The summed E-state index contributed by atoms with van der Waals surface area (Å²) in [5.41, 5.74) is 4.75. The van der Waals surface area contributed by atoms with Crippen LogP contribution < -0.4 is 5.32 Å². The standard InChI is InChI=1S/C23H26N2O4/c26-22(27)21-11-5-6-13-25(21)14-12-24-23(28)29-15-20-18-9-3-1-7-16(18)17-8-2-4-10-19(17)20/h1-4,7-10,20-21H,5-6,11-15H2,(H,24,28)(H,26,27)/t21-/m1/s1. The van der Waals surface area contributed by atoms with Crippen molar-refractivity contribution in [2.24, 2.45) is 0 Å². The Bertz CT molecular complexity index is 852. The molecule has 0 radical (unpaired) electrons. The molecule has 1 aliphatic carbocycles. The van der Waals surface area contributed by atoms with Crippen LogP contribution in [0.3, 0.4) is 0 Å². The molecular weight excluding hydrogens is 368 g/mol. The van der Waals surface area contributed by atoms with Crippen LogP contribution in [-0.2, 0) is 9.53 Å². The highest BCUT2D eigenvalue weighted by Gasteiger charge is 2.30. The van der Waals surface area contributed by atoms with Gasteiger partial charge < -0.3 is 15.2 Å². The fourth-order valence-electron chi connectivity index (χ4n) is 4.49. The highest BCUT2D eigenvalue weighted by Crippen LogP contribution is 2.44. The first kappa shape index (κ1) is 19.5. The largest absolute Gasteiger partial charge is 0.480 e. The van der Waals surface area contributed by atoms with Crippen molar-refractivity contribution in [3.05, 3.63) is 59.7 Å². The number of hydrogen-bond donors (Lipinski definition) is 2. The third-order valence-electron chi connectivity index (χ3n) is 5.91. The van der Waals surface area contributed by atoms with Crippen LogP contribution in [0.5, 0.6) is 0 Å². The molecule has 0 aromatic heterocycles. The molecule has 6 nitrogen and oxygen atoms in total. The minimum atomic E-state index is -0.786. The van der Waals surface area contributed by atoms with Gasteiger partial charge in [-0.15, -0.1) is 0 Å². The summed E-state index contributed by atoms with van der Waals surface area (Å²) in [6.45, 7) is 1.92. The van der Waals surface area contributed by atoms with Crippen LogP contribution in [0.4, 0.5) is 4.79 Å². The molecule has 152 valence electrons. The smallest absolute Gasteiger partial charge is 0.407 e. The van der Waals surface area contributed by atoms with Crippen molar-refractivity contribution in [3.63, 3.8) is 0 Å². The van der Waals surface area contributed by atoms with E-state index in [4.69, 9.17) is 4.74 Å². The number of benzene rings is 2. The number of aliphatic carboxylic acids is 1. The molecule has 2 aromatic rings. The number of carbonyl (C=O) groups is 2. The molecule has 1 atom stereocenters. The lowest BCUT2D eigenvalue weighted by Gasteiger charge is -2.32. The summed E-state index contributed by atoms with van der Waals surface area (Å²) in [4.78, 5) is 25.5. The molecule has 1 fully saturated rings. The molecule has 1 amide bonds. The van der Waals surface area contributed by atoms with E-state index in [-0.39, 0.29) is 12.5 Å². The molecule has 6 heteroatoms. The number of ether oxygens (including phenoxy) is 1. The predicted molar refractivity (Wildman–Crippen MR) is 110 cm³/mol. The highest BCUT2D eigenvalue weighted by atomic mass is 16.5. The first-order valence-electron chi connectivity index (χ1n) is 10.2. The normalized spacial score (nSPS) is 18.7. The summed E-state index contributed by atoms with van der Waals surface area (Å²) in [6, 6.07) is 16.0. The van der Waals surface area contributed by atoms with Crippen molar-refractivity contribution in [1.29, 1.82) is 0 Å². The van der Waals surface area contributed by atoms with Gasteiger partial charge in [0.15, 0.2) is 0 Å². The molecular formula is C23H26N2O4. The molecule has 1 aliphatic heterocycles. The van der Waals surface area contributed by atoms with Crippen LogP contribution >= 0.6 is 0 Å². The van der Waals surface area contributed by atoms with Gasteiger partial charge in [0.25, 0.3) is 0 Å². The molecule has 0 saturated carbocycles. The monoisotopic (exact) mass is 394 g/mol. The number of amides is 1. The molecule has 2 aromatic carbocycles. The number of carbonyl (C=O) groups excluding carboxylic acids is 1. The first-order valence-corrected chi connectivity index (χ1v) is 10.2. The second kappa shape index (κ2) is 8.66. The van der Waals surface area contributed by atoms with Crippen LogP contribution in [-0.4, -0.2) is 54.4 Å². The molecule has 1 saturated heterocycles. The van der Waals surface area contributed by atoms with Crippen LogP contribution in [0.25, 0.3) is 11.1 Å². The van der Waals surface area contributed by atoms with E-state index >= 15 is 0 Å². The van der Waals surface area contributed by atoms with Crippen LogP contribution in [0.15, 0.2) is 48.5 Å². The van der Waals surface area contributed by atoms with Gasteiger partial charge in [0.1, 0.15) is 12.6 Å². The van der Waals surface area contributed by atoms with E-state index in [2.05, 4.69) is 29.6 Å². The van der Waals surface area contributed by atoms with E-state index in [1.165, 1.54) is 22.3 Å². The quantitative estimate of drug-likeness (QED) is 0.784. The van der Waals surface area contributed by atoms with Crippen molar-refractivity contribution in [2.45, 2.75) is 31.2 Å². The van der Waals surface area contributed by atoms with Gasteiger partial charge in [0.2, 0.25) is 0 Å². The van der Waals surface area contributed by atoms with Crippen LogP contribution in [0, 0.1) is 0 Å². The predicted octanol–water partition coefficient (Wildman–Crippen LogP) is 3.46. The fourth-order valence-corrected chi connectivity index (χ4v) is 4.49. The molecule has 29 heavy (non-hydrogen) atoms. The number of nitrogens with zero attached hydrogens (tertiary/aromatic N) is 1. The molecule has 1 heterocycles. The zero-order chi connectivity index (χ0) is 20.2. The Morgan fingerprint density at radius 2 is 1.69 bits per heavy atom. The van der Waals surface area contributed by atoms with Gasteiger partial charge in [-0.05, 0) is 41.6 Å². The Balaban J connectivity index is 1.31. The number of alkyl carbamates (subject to hydrolysis) is 1. The number of rotatable bonds is 6. The van der Waals surface area contributed by atoms with E-state index in [1.54, 1.807) is 0 Å². The Morgan fingerprint density at radius 1 is 1.03 bits per heavy atom. The summed E-state index contributed by atoms with van der Waals surface area (Å²) < 4.78 is 5.52. The van der Waals surface area contributed by atoms with E-state index in [9.17, 15) is 14.7 Å². The maximum Gasteiger partial charge on any atom is 0.407 e. The lowest BCUT2D eigenvalue weighted by atomic mass is 9.98. The summed E-state index contributed by atoms with van der Waals surface area (Å²) in [5.74, 6) is -0.752. The van der Waals surface area contributed by atoms with Gasteiger partial charge in [0, 0.05) is 19.0 Å². The molecule has 0 unspecified atom stereocenters. The second-order valence-corrected chi connectivity index (χ2v) is 7.64. The Morgan fingerprint density at radius 3 is 2.34 bits per heavy atom. The van der Waals surface area contributed by atoms with Crippen molar-refractivity contribution < 1.29 is 19.4 Å². The Labute approximate surface area is 170 Å². The van der Waals surface area contributed by atoms with Gasteiger partial charge >= 0.3 is 12.1 Å². The summed E-state index contributed by atoms with van der Waals surface area (Å²) in [7, 11) is 0. The number of fused-ring (bicyclic) bond motifs is 3. The molecule has 2 aliphatic rings. The van der Waals surface area contributed by atoms with Crippen LogP contribution in [0.1, 0.15) is 36.3 Å². The second-order valence-electron chi connectivity index (χ2n) is 7.64. The molecule has 2 N–H and O–H groups in total. The minimum absolute atomic E-state index is 0.0339. The fraction of sp³-hybridized carbons (Fsp3) is 0.391. The lowest BCUT2D eigenvalue weighted by molar-refractivity contribution is -0.144. The first-order chi connectivity index (χ1) is 14.1. The summed E-state index contributed by atoms with van der Waals surface area (Å²) >= 11 is 0. The minimum Gasteiger partial charge on any atom is -0.480 e. The zero-order valence-corrected chi connectivity index (χ0v) is 16.3. The SMILES string of the molecule is O=C(NCCN1CCCC[C@@H]1C(=O)O)OCC1c2ccccc2-c2ccccc21. The average Bonchev–Trinajstić information content (AvgIpc) is 3.06. The summed E-state index contributed by atoms with van der Waals surface area (Å²) in [6.07, 6.45) is 2.14. The number of likely N-dealkylation sites (tertiary alicyclic amines) is 1. The Hall–Kier alpha value is -2.86. The summed E-state index contributed by atoms with van der Waals surface area (Å²) in [5, 5.41) is 12.1. The maximum absolute atomic E-state index is 12.2.